The Morgan fingerprint density at radius 2 is 1.88 bits per heavy atom. The molecule has 6 heteroatoms. The van der Waals surface area contributed by atoms with Crippen molar-refractivity contribution in [1.29, 1.82) is 0 Å². The van der Waals surface area contributed by atoms with Crippen molar-refractivity contribution in [2.24, 2.45) is 11.3 Å². The van der Waals surface area contributed by atoms with E-state index in [1.807, 2.05) is 18.2 Å². The van der Waals surface area contributed by atoms with E-state index in [4.69, 9.17) is 14.2 Å². The topological polar surface area (TPSA) is 60.0 Å². The van der Waals surface area contributed by atoms with Crippen molar-refractivity contribution in [3.8, 4) is 16.9 Å². The number of ether oxygens (including phenoxy) is 3. The zero-order valence-corrected chi connectivity index (χ0v) is 20.6. The monoisotopic (exact) mass is 466 g/mol. The molecule has 2 aliphatic heterocycles. The first kappa shape index (κ1) is 24.7. The summed E-state index contributed by atoms with van der Waals surface area (Å²) in [5.74, 6) is 1.53. The minimum Gasteiger partial charge on any atom is -0.497 e. The van der Waals surface area contributed by atoms with Gasteiger partial charge >= 0.3 is 0 Å². The van der Waals surface area contributed by atoms with Crippen LogP contribution in [0.4, 0.5) is 0 Å². The van der Waals surface area contributed by atoms with Gasteiger partial charge in [-0.15, -0.1) is 0 Å². The molecule has 0 saturated carbocycles. The van der Waals surface area contributed by atoms with Crippen LogP contribution in [0.2, 0.25) is 0 Å². The molecule has 2 aliphatic rings. The number of carbonyl (C=O) groups is 1. The van der Waals surface area contributed by atoms with Crippen molar-refractivity contribution in [2.75, 3.05) is 60.2 Å². The molecule has 0 radical (unpaired) electrons. The van der Waals surface area contributed by atoms with Crippen molar-refractivity contribution in [3.63, 3.8) is 0 Å². The van der Waals surface area contributed by atoms with E-state index in [1.54, 1.807) is 14.2 Å². The Balaban J connectivity index is 1.43. The van der Waals surface area contributed by atoms with Gasteiger partial charge in [0, 0.05) is 40.0 Å². The first-order valence-electron chi connectivity index (χ1n) is 12.4. The SMILES string of the molecule is COCCN1CC[C@H](CNC(=O)C2(Cc3cccc(-c4cccc(OC)c4)c3)CCOCC2)C1. The predicted octanol–water partition coefficient (Wildman–Crippen LogP) is 3.79. The van der Waals surface area contributed by atoms with E-state index < -0.39 is 5.41 Å². The molecule has 4 rings (SSSR count). The van der Waals surface area contributed by atoms with E-state index in [0.29, 0.717) is 19.1 Å². The van der Waals surface area contributed by atoms with Crippen molar-refractivity contribution < 1.29 is 19.0 Å². The predicted molar refractivity (Wildman–Crippen MR) is 134 cm³/mol. The van der Waals surface area contributed by atoms with E-state index in [2.05, 4.69) is 40.5 Å². The molecule has 0 aliphatic carbocycles. The van der Waals surface area contributed by atoms with Crippen LogP contribution in [-0.2, 0) is 20.7 Å². The van der Waals surface area contributed by atoms with E-state index in [9.17, 15) is 4.79 Å². The van der Waals surface area contributed by atoms with Crippen LogP contribution in [0.25, 0.3) is 11.1 Å². The van der Waals surface area contributed by atoms with Gasteiger partial charge in [0.2, 0.25) is 5.91 Å². The number of hydrogen-bond donors (Lipinski definition) is 1. The van der Waals surface area contributed by atoms with Gasteiger partial charge in [-0.2, -0.15) is 0 Å². The second-order valence-electron chi connectivity index (χ2n) is 9.66. The average Bonchev–Trinajstić information content (AvgIpc) is 3.34. The average molecular weight is 467 g/mol. The molecule has 1 N–H and O–H groups in total. The van der Waals surface area contributed by atoms with Gasteiger partial charge in [0.25, 0.3) is 0 Å². The van der Waals surface area contributed by atoms with Crippen molar-refractivity contribution in [2.45, 2.75) is 25.7 Å². The number of amides is 1. The molecule has 2 heterocycles. The lowest BCUT2D eigenvalue weighted by Crippen LogP contribution is -2.47. The van der Waals surface area contributed by atoms with E-state index >= 15 is 0 Å². The number of benzene rings is 2. The molecule has 2 aromatic rings. The molecule has 0 spiro atoms. The quantitative estimate of drug-likeness (QED) is 0.577. The lowest BCUT2D eigenvalue weighted by atomic mass is 9.74. The molecule has 2 fully saturated rings. The van der Waals surface area contributed by atoms with Crippen LogP contribution in [-0.4, -0.2) is 71.0 Å². The Labute approximate surface area is 203 Å². The molecule has 6 nitrogen and oxygen atoms in total. The van der Waals surface area contributed by atoms with Crippen molar-refractivity contribution >= 4 is 5.91 Å². The second kappa shape index (κ2) is 11.8. The number of likely N-dealkylation sites (tertiary alicyclic amines) is 1. The van der Waals surface area contributed by atoms with Crippen LogP contribution < -0.4 is 10.1 Å². The summed E-state index contributed by atoms with van der Waals surface area (Å²) in [6, 6.07) is 16.7. The molecule has 2 aromatic carbocycles. The second-order valence-corrected chi connectivity index (χ2v) is 9.66. The third kappa shape index (κ3) is 6.17. The molecule has 34 heavy (non-hydrogen) atoms. The van der Waals surface area contributed by atoms with Crippen LogP contribution in [0, 0.1) is 11.3 Å². The zero-order chi connectivity index (χ0) is 23.8. The van der Waals surface area contributed by atoms with Gasteiger partial charge in [-0.1, -0.05) is 36.4 Å². The molecular formula is C28H38N2O4. The normalized spacial score (nSPS) is 20.2. The number of nitrogens with zero attached hydrogens (tertiary/aromatic N) is 1. The van der Waals surface area contributed by atoms with Gasteiger partial charge < -0.3 is 24.4 Å². The highest BCUT2D eigenvalue weighted by Crippen LogP contribution is 2.36. The Kier molecular flexibility index (Phi) is 8.59. The summed E-state index contributed by atoms with van der Waals surface area (Å²) in [6.45, 7) is 5.86. The largest absolute Gasteiger partial charge is 0.497 e. The summed E-state index contributed by atoms with van der Waals surface area (Å²) in [4.78, 5) is 16.0. The number of nitrogens with one attached hydrogen (secondary N) is 1. The Hall–Kier alpha value is -2.41. The molecule has 0 aromatic heterocycles. The van der Waals surface area contributed by atoms with E-state index in [0.717, 1.165) is 75.3 Å². The summed E-state index contributed by atoms with van der Waals surface area (Å²) in [5.41, 5.74) is 3.02. The van der Waals surface area contributed by atoms with Gasteiger partial charge in [0.1, 0.15) is 5.75 Å². The highest BCUT2D eigenvalue weighted by molar-refractivity contribution is 5.83. The summed E-state index contributed by atoms with van der Waals surface area (Å²) < 4.78 is 16.2. The molecule has 184 valence electrons. The summed E-state index contributed by atoms with van der Waals surface area (Å²) in [6.07, 6.45) is 3.37. The molecule has 0 bridgehead atoms. The fourth-order valence-corrected chi connectivity index (χ4v) is 5.23. The lowest BCUT2D eigenvalue weighted by molar-refractivity contribution is -0.136. The standard InChI is InChI=1S/C28H38N2O4/c1-32-16-13-30-12-9-23(21-30)20-29-27(31)28(10-14-34-15-11-28)19-22-5-3-6-24(17-22)25-7-4-8-26(18-25)33-2/h3-8,17-18,23H,9-16,19-21H2,1-2H3,(H,29,31)/t23-/m1/s1. The molecule has 0 unspecified atom stereocenters. The van der Waals surface area contributed by atoms with Crippen LogP contribution >= 0.6 is 0 Å². The van der Waals surface area contributed by atoms with Gasteiger partial charge in [-0.05, 0) is 67.0 Å². The van der Waals surface area contributed by atoms with Crippen LogP contribution in [0.3, 0.4) is 0 Å². The van der Waals surface area contributed by atoms with Gasteiger partial charge in [0.15, 0.2) is 0 Å². The van der Waals surface area contributed by atoms with Crippen molar-refractivity contribution in [1.82, 2.24) is 10.2 Å². The maximum atomic E-state index is 13.6. The summed E-state index contributed by atoms with van der Waals surface area (Å²) in [7, 11) is 3.43. The minimum absolute atomic E-state index is 0.179. The van der Waals surface area contributed by atoms with E-state index in [-0.39, 0.29) is 5.91 Å². The van der Waals surface area contributed by atoms with E-state index in [1.165, 1.54) is 5.56 Å². The molecule has 1 amide bonds. The minimum atomic E-state index is -0.417. The zero-order valence-electron chi connectivity index (χ0n) is 20.6. The summed E-state index contributed by atoms with van der Waals surface area (Å²) >= 11 is 0. The first-order chi connectivity index (χ1) is 16.6. The van der Waals surface area contributed by atoms with Gasteiger partial charge in [-0.25, -0.2) is 0 Å². The van der Waals surface area contributed by atoms with Gasteiger partial charge in [0.05, 0.1) is 19.1 Å². The number of carbonyl (C=O) groups excluding carboxylic acids is 1. The maximum absolute atomic E-state index is 13.6. The molecule has 2 saturated heterocycles. The van der Waals surface area contributed by atoms with Crippen molar-refractivity contribution in [3.05, 3.63) is 54.1 Å². The van der Waals surface area contributed by atoms with Crippen LogP contribution in [0.5, 0.6) is 5.75 Å². The molecular weight excluding hydrogens is 428 g/mol. The third-order valence-corrected chi connectivity index (χ3v) is 7.34. The first-order valence-corrected chi connectivity index (χ1v) is 12.4. The smallest absolute Gasteiger partial charge is 0.226 e. The fraction of sp³-hybridized carbons (Fsp3) is 0.536. The Morgan fingerprint density at radius 3 is 2.65 bits per heavy atom. The van der Waals surface area contributed by atoms with Crippen LogP contribution in [0.15, 0.2) is 48.5 Å². The van der Waals surface area contributed by atoms with Gasteiger partial charge in [-0.3, -0.25) is 4.79 Å². The lowest BCUT2D eigenvalue weighted by Gasteiger charge is -2.36. The Bertz CT molecular complexity index is 942. The molecule has 1 atom stereocenters. The maximum Gasteiger partial charge on any atom is 0.226 e. The highest BCUT2D eigenvalue weighted by Gasteiger charge is 2.40. The highest BCUT2D eigenvalue weighted by atomic mass is 16.5. The number of rotatable bonds is 10. The number of hydrogen-bond acceptors (Lipinski definition) is 5. The fourth-order valence-electron chi connectivity index (χ4n) is 5.23. The van der Waals surface area contributed by atoms with Crippen LogP contribution in [0.1, 0.15) is 24.8 Å². The number of methoxy groups -OCH3 is 2. The summed E-state index contributed by atoms with van der Waals surface area (Å²) in [5, 5.41) is 3.32. The third-order valence-electron chi connectivity index (χ3n) is 7.34. The Morgan fingerprint density at radius 1 is 1.12 bits per heavy atom.